The van der Waals surface area contributed by atoms with Crippen molar-refractivity contribution in [2.75, 3.05) is 6.61 Å². The first-order chi connectivity index (χ1) is 12.7. The van der Waals surface area contributed by atoms with E-state index in [9.17, 15) is 8.78 Å². The fourth-order valence-corrected chi connectivity index (χ4v) is 2.95. The minimum Gasteiger partial charge on any atom is -0.494 e. The Morgan fingerprint density at radius 2 is 1.50 bits per heavy atom. The maximum atomic E-state index is 14.2. The van der Waals surface area contributed by atoms with Gasteiger partial charge in [-0.3, -0.25) is 0 Å². The Morgan fingerprint density at radius 1 is 0.769 bits per heavy atom. The van der Waals surface area contributed by atoms with Crippen LogP contribution in [0, 0.1) is 11.6 Å². The van der Waals surface area contributed by atoms with Crippen molar-refractivity contribution >= 4 is 0 Å². The third-order valence-corrected chi connectivity index (χ3v) is 4.33. The van der Waals surface area contributed by atoms with Crippen molar-refractivity contribution in [2.45, 2.75) is 26.2 Å². The first-order valence-corrected chi connectivity index (χ1v) is 8.96. The summed E-state index contributed by atoms with van der Waals surface area (Å²) >= 11 is 0. The number of halogens is 2. The highest BCUT2D eigenvalue weighted by atomic mass is 19.1. The van der Waals surface area contributed by atoms with Gasteiger partial charge in [0.1, 0.15) is 17.4 Å². The molecule has 0 N–H and O–H groups in total. The average Bonchev–Trinajstić information content (AvgIpc) is 2.66. The van der Waals surface area contributed by atoms with Gasteiger partial charge in [-0.1, -0.05) is 56.2 Å². The summed E-state index contributed by atoms with van der Waals surface area (Å²) in [5.41, 5.74) is 2.99. The van der Waals surface area contributed by atoms with Crippen molar-refractivity contribution in [3.8, 4) is 28.0 Å². The summed E-state index contributed by atoms with van der Waals surface area (Å²) < 4.78 is 33.2. The van der Waals surface area contributed by atoms with Crippen molar-refractivity contribution in [3.05, 3.63) is 78.4 Å². The second kappa shape index (κ2) is 8.61. The number of unbranched alkanes of at least 4 members (excludes halogenated alkanes) is 2. The van der Waals surface area contributed by atoms with Gasteiger partial charge < -0.3 is 4.74 Å². The van der Waals surface area contributed by atoms with E-state index in [4.69, 9.17) is 4.74 Å². The Labute approximate surface area is 153 Å². The lowest BCUT2D eigenvalue weighted by molar-refractivity contribution is 0.306. The molecule has 26 heavy (non-hydrogen) atoms. The van der Waals surface area contributed by atoms with E-state index in [2.05, 4.69) is 6.92 Å². The molecule has 0 radical (unpaired) electrons. The van der Waals surface area contributed by atoms with E-state index in [1.165, 1.54) is 18.6 Å². The van der Waals surface area contributed by atoms with Crippen LogP contribution in [0.1, 0.15) is 26.2 Å². The monoisotopic (exact) mass is 352 g/mol. The molecule has 0 unspecified atom stereocenters. The lowest BCUT2D eigenvalue weighted by atomic mass is 9.94. The van der Waals surface area contributed by atoms with E-state index in [-0.39, 0.29) is 0 Å². The number of ether oxygens (including phenoxy) is 1. The molecule has 3 aromatic carbocycles. The average molecular weight is 352 g/mol. The molecule has 3 rings (SSSR count). The molecule has 134 valence electrons. The van der Waals surface area contributed by atoms with Gasteiger partial charge in [0, 0.05) is 11.6 Å². The van der Waals surface area contributed by atoms with Gasteiger partial charge in [0.2, 0.25) is 0 Å². The standard InChI is InChI=1S/C23H22F2O/c1-2-3-6-15-26-19-12-9-17(10-13-19)20-7-4-5-8-21(20)22-14-11-18(24)16-23(22)25/h4-5,7-14,16H,2-3,6,15H2,1H3. The van der Waals surface area contributed by atoms with Crippen LogP contribution in [0.5, 0.6) is 5.75 Å². The second-order valence-electron chi connectivity index (χ2n) is 6.25. The van der Waals surface area contributed by atoms with Crippen LogP contribution in [-0.4, -0.2) is 6.61 Å². The second-order valence-corrected chi connectivity index (χ2v) is 6.25. The van der Waals surface area contributed by atoms with E-state index in [0.29, 0.717) is 12.2 Å². The van der Waals surface area contributed by atoms with Gasteiger partial charge in [-0.2, -0.15) is 0 Å². The zero-order valence-corrected chi connectivity index (χ0v) is 14.8. The van der Waals surface area contributed by atoms with Gasteiger partial charge in [0.25, 0.3) is 0 Å². The molecule has 0 spiro atoms. The van der Waals surface area contributed by atoms with Crippen LogP contribution in [0.4, 0.5) is 8.78 Å². The van der Waals surface area contributed by atoms with Crippen LogP contribution < -0.4 is 4.74 Å². The molecule has 0 heterocycles. The van der Waals surface area contributed by atoms with Gasteiger partial charge in [-0.15, -0.1) is 0 Å². The molecule has 1 nitrogen and oxygen atoms in total. The molecule has 0 atom stereocenters. The minimum atomic E-state index is -0.576. The lowest BCUT2D eigenvalue weighted by Gasteiger charge is -2.12. The SMILES string of the molecule is CCCCCOc1ccc(-c2ccccc2-c2ccc(F)cc2F)cc1. The topological polar surface area (TPSA) is 9.23 Å². The summed E-state index contributed by atoms with van der Waals surface area (Å²) in [6, 6.07) is 19.0. The summed E-state index contributed by atoms with van der Waals surface area (Å²) in [4.78, 5) is 0. The Kier molecular flexibility index (Phi) is 6.00. The zero-order valence-electron chi connectivity index (χ0n) is 14.8. The highest BCUT2D eigenvalue weighted by Crippen LogP contribution is 2.34. The predicted octanol–water partition coefficient (Wildman–Crippen LogP) is 6.87. The quantitative estimate of drug-likeness (QED) is 0.422. The predicted molar refractivity (Wildman–Crippen MR) is 102 cm³/mol. The molecule has 0 aliphatic carbocycles. The Balaban J connectivity index is 1.86. The fourth-order valence-electron chi connectivity index (χ4n) is 2.95. The highest BCUT2D eigenvalue weighted by Gasteiger charge is 2.12. The summed E-state index contributed by atoms with van der Waals surface area (Å²) in [6.45, 7) is 2.88. The van der Waals surface area contributed by atoms with E-state index in [1.807, 2.05) is 48.5 Å². The van der Waals surface area contributed by atoms with Crippen LogP contribution in [0.3, 0.4) is 0 Å². The zero-order chi connectivity index (χ0) is 18.4. The van der Waals surface area contributed by atoms with Gasteiger partial charge >= 0.3 is 0 Å². The first-order valence-electron chi connectivity index (χ1n) is 8.96. The van der Waals surface area contributed by atoms with Gasteiger partial charge in [-0.25, -0.2) is 8.78 Å². The van der Waals surface area contributed by atoms with Gasteiger partial charge in [-0.05, 0) is 47.4 Å². The first kappa shape index (κ1) is 18.1. The molecular formula is C23H22F2O. The summed E-state index contributed by atoms with van der Waals surface area (Å²) in [7, 11) is 0. The minimum absolute atomic E-state index is 0.391. The third-order valence-electron chi connectivity index (χ3n) is 4.33. The Bertz CT molecular complexity index is 856. The van der Waals surface area contributed by atoms with Crippen molar-refractivity contribution in [1.82, 2.24) is 0 Å². The van der Waals surface area contributed by atoms with E-state index in [1.54, 1.807) is 0 Å². The molecule has 0 aliphatic heterocycles. The Morgan fingerprint density at radius 3 is 2.19 bits per heavy atom. The molecule has 0 saturated heterocycles. The molecule has 3 aromatic rings. The number of rotatable bonds is 7. The maximum absolute atomic E-state index is 14.2. The third kappa shape index (κ3) is 4.29. The molecule has 0 saturated carbocycles. The molecule has 0 aromatic heterocycles. The normalized spacial score (nSPS) is 10.7. The number of hydrogen-bond donors (Lipinski definition) is 0. The van der Waals surface area contributed by atoms with Crippen molar-refractivity contribution in [1.29, 1.82) is 0 Å². The summed E-state index contributed by atoms with van der Waals surface area (Å²) in [6.07, 6.45) is 3.37. The number of benzene rings is 3. The fraction of sp³-hybridized carbons (Fsp3) is 0.217. The van der Waals surface area contributed by atoms with Crippen LogP contribution in [0.15, 0.2) is 66.7 Å². The van der Waals surface area contributed by atoms with Crippen molar-refractivity contribution in [2.24, 2.45) is 0 Å². The van der Waals surface area contributed by atoms with Crippen LogP contribution in [0.25, 0.3) is 22.3 Å². The van der Waals surface area contributed by atoms with Crippen LogP contribution in [-0.2, 0) is 0 Å². The summed E-state index contributed by atoms with van der Waals surface area (Å²) in [5.74, 6) is -0.308. The molecule has 0 aliphatic rings. The highest BCUT2D eigenvalue weighted by molar-refractivity contribution is 5.83. The van der Waals surface area contributed by atoms with Crippen molar-refractivity contribution < 1.29 is 13.5 Å². The largest absolute Gasteiger partial charge is 0.494 e. The van der Waals surface area contributed by atoms with Gasteiger partial charge in [0.15, 0.2) is 0 Å². The molecule has 0 fully saturated rings. The van der Waals surface area contributed by atoms with Gasteiger partial charge in [0.05, 0.1) is 6.61 Å². The molecule has 3 heteroatoms. The molecular weight excluding hydrogens is 330 g/mol. The van der Waals surface area contributed by atoms with Crippen molar-refractivity contribution in [3.63, 3.8) is 0 Å². The lowest BCUT2D eigenvalue weighted by Crippen LogP contribution is -1.96. The van der Waals surface area contributed by atoms with E-state index >= 15 is 0 Å². The summed E-state index contributed by atoms with van der Waals surface area (Å²) in [5, 5.41) is 0. The molecule has 0 amide bonds. The van der Waals surface area contributed by atoms with Crippen LogP contribution in [0.2, 0.25) is 0 Å². The Hall–Kier alpha value is -2.68. The number of hydrogen-bond acceptors (Lipinski definition) is 1. The molecule has 0 bridgehead atoms. The smallest absolute Gasteiger partial charge is 0.133 e. The van der Waals surface area contributed by atoms with E-state index in [0.717, 1.165) is 41.3 Å². The van der Waals surface area contributed by atoms with Crippen LogP contribution >= 0.6 is 0 Å². The van der Waals surface area contributed by atoms with E-state index < -0.39 is 11.6 Å². The maximum Gasteiger partial charge on any atom is 0.133 e.